The Morgan fingerprint density at radius 3 is 2.00 bits per heavy atom. The quantitative estimate of drug-likeness (QED) is 0.621. The summed E-state index contributed by atoms with van der Waals surface area (Å²) in [7, 11) is -3.54. The van der Waals surface area contributed by atoms with Crippen LogP contribution in [0.5, 0.6) is 0 Å². The van der Waals surface area contributed by atoms with Gasteiger partial charge in [-0.25, -0.2) is 8.42 Å². The Morgan fingerprint density at radius 2 is 1.54 bits per heavy atom. The van der Waals surface area contributed by atoms with Crippen molar-refractivity contribution in [3.8, 4) is 11.1 Å². The molecule has 5 nitrogen and oxygen atoms in total. The number of hydrogen-bond donors (Lipinski definition) is 0. The fourth-order valence-corrected chi connectivity index (χ4v) is 3.34. The monoisotopic (exact) mass is 344 g/mol. The van der Waals surface area contributed by atoms with E-state index in [9.17, 15) is 8.42 Å². The molecule has 24 heavy (non-hydrogen) atoms. The van der Waals surface area contributed by atoms with Gasteiger partial charge >= 0.3 is 6.02 Å². The molecule has 6 heteroatoms. The maximum atomic E-state index is 11.6. The largest absolute Gasteiger partial charge is 0.465 e. The van der Waals surface area contributed by atoms with Gasteiger partial charge in [0.25, 0.3) is 10.0 Å². The number of rotatable bonds is 2. The van der Waals surface area contributed by atoms with E-state index in [1.807, 2.05) is 36.1 Å². The lowest BCUT2D eigenvalue weighted by atomic mass is 9.97. The second kappa shape index (κ2) is 6.65. The molecule has 0 aromatic heterocycles. The van der Waals surface area contributed by atoms with E-state index in [2.05, 4.69) is 28.7 Å². The highest BCUT2D eigenvalue weighted by Gasteiger charge is 2.23. The van der Waals surface area contributed by atoms with Crippen molar-refractivity contribution in [2.45, 2.75) is 20.0 Å². The number of ether oxygens (including phenoxy) is 1. The molecule has 0 spiro atoms. The van der Waals surface area contributed by atoms with Crippen LogP contribution in [0.1, 0.15) is 18.1 Å². The maximum absolute atomic E-state index is 11.6. The van der Waals surface area contributed by atoms with Crippen LogP contribution in [0.4, 0.5) is 0 Å². The normalized spacial score (nSPS) is 14.6. The zero-order valence-corrected chi connectivity index (χ0v) is 14.6. The molecular formula is C18H20N2O3S. The first-order chi connectivity index (χ1) is 11.5. The van der Waals surface area contributed by atoms with Crippen molar-refractivity contribution >= 4 is 16.0 Å². The molecule has 0 fully saturated rings. The van der Waals surface area contributed by atoms with Gasteiger partial charge in [-0.15, -0.1) is 4.40 Å². The first-order valence-electron chi connectivity index (χ1n) is 7.82. The van der Waals surface area contributed by atoms with Crippen LogP contribution in [0.2, 0.25) is 0 Å². The van der Waals surface area contributed by atoms with Gasteiger partial charge in [0.05, 0.1) is 12.9 Å². The summed E-state index contributed by atoms with van der Waals surface area (Å²) in [6.45, 7) is 3.25. The summed E-state index contributed by atoms with van der Waals surface area (Å²) >= 11 is 0. The average molecular weight is 344 g/mol. The number of hydrogen-bond acceptors (Lipinski definition) is 3. The van der Waals surface area contributed by atoms with E-state index < -0.39 is 10.0 Å². The maximum Gasteiger partial charge on any atom is 0.303 e. The summed E-state index contributed by atoms with van der Waals surface area (Å²) in [4.78, 5) is 1.87. The molecule has 126 valence electrons. The molecule has 0 radical (unpaired) electrons. The van der Waals surface area contributed by atoms with Crippen LogP contribution in [0.25, 0.3) is 11.1 Å². The molecule has 0 aliphatic carbocycles. The van der Waals surface area contributed by atoms with Crippen LogP contribution in [-0.2, 0) is 27.8 Å². The lowest BCUT2D eigenvalue weighted by molar-refractivity contribution is 0.236. The van der Waals surface area contributed by atoms with Crippen molar-refractivity contribution in [2.75, 3.05) is 12.9 Å². The van der Waals surface area contributed by atoms with Gasteiger partial charge in [0.1, 0.15) is 0 Å². The van der Waals surface area contributed by atoms with E-state index in [0.29, 0.717) is 19.7 Å². The molecule has 0 amide bonds. The van der Waals surface area contributed by atoms with Gasteiger partial charge in [0.15, 0.2) is 0 Å². The molecule has 1 aliphatic heterocycles. The van der Waals surface area contributed by atoms with Crippen molar-refractivity contribution in [1.29, 1.82) is 0 Å². The van der Waals surface area contributed by atoms with Gasteiger partial charge in [-0.05, 0) is 29.2 Å². The highest BCUT2D eigenvalue weighted by Crippen LogP contribution is 2.32. The van der Waals surface area contributed by atoms with Crippen molar-refractivity contribution in [3.63, 3.8) is 0 Å². The van der Waals surface area contributed by atoms with Crippen LogP contribution < -0.4 is 0 Å². The zero-order valence-electron chi connectivity index (χ0n) is 13.8. The molecule has 1 heterocycles. The smallest absolute Gasteiger partial charge is 0.303 e. The Morgan fingerprint density at radius 1 is 1.04 bits per heavy atom. The number of benzene rings is 2. The summed E-state index contributed by atoms with van der Waals surface area (Å²) in [5.74, 6) is 0. The predicted molar refractivity (Wildman–Crippen MR) is 95.0 cm³/mol. The minimum absolute atomic E-state index is 0.145. The lowest BCUT2D eigenvalue weighted by Gasteiger charge is -2.24. The highest BCUT2D eigenvalue weighted by molar-refractivity contribution is 7.89. The Hall–Kier alpha value is -2.34. The summed E-state index contributed by atoms with van der Waals surface area (Å²) in [5, 5.41) is 0. The summed E-state index contributed by atoms with van der Waals surface area (Å²) in [5.41, 5.74) is 4.54. The summed E-state index contributed by atoms with van der Waals surface area (Å²) < 4.78 is 32.6. The third-order valence-electron chi connectivity index (χ3n) is 3.84. The van der Waals surface area contributed by atoms with Crippen LogP contribution >= 0.6 is 0 Å². The molecule has 2 aromatic carbocycles. The minimum Gasteiger partial charge on any atom is -0.465 e. The zero-order chi connectivity index (χ0) is 17.2. The molecule has 0 saturated heterocycles. The third kappa shape index (κ3) is 3.59. The molecule has 0 atom stereocenters. The number of fused-ring (bicyclic) bond motifs is 3. The van der Waals surface area contributed by atoms with Crippen molar-refractivity contribution < 1.29 is 13.2 Å². The summed E-state index contributed by atoms with van der Waals surface area (Å²) in [6, 6.07) is 16.4. The Kier molecular flexibility index (Phi) is 4.57. The van der Waals surface area contributed by atoms with Crippen molar-refractivity contribution in [2.24, 2.45) is 4.40 Å². The molecule has 0 saturated carbocycles. The van der Waals surface area contributed by atoms with Gasteiger partial charge < -0.3 is 9.64 Å². The van der Waals surface area contributed by atoms with Crippen LogP contribution in [0, 0.1) is 0 Å². The molecule has 0 bridgehead atoms. The van der Waals surface area contributed by atoms with Gasteiger partial charge in [-0.3, -0.25) is 0 Å². The topological polar surface area (TPSA) is 59.0 Å². The Bertz CT molecular complexity index is 828. The van der Waals surface area contributed by atoms with E-state index in [1.54, 1.807) is 0 Å². The van der Waals surface area contributed by atoms with E-state index >= 15 is 0 Å². The third-order valence-corrected chi connectivity index (χ3v) is 4.32. The second-order valence-corrected chi connectivity index (χ2v) is 7.36. The number of amidine groups is 1. The van der Waals surface area contributed by atoms with Crippen LogP contribution in [-0.4, -0.2) is 32.2 Å². The standard InChI is InChI=1S/C18H20N2O3S/c1-3-23-18(19-24(2,21)22)20-12-14-8-4-6-10-16(14)17-11-7-5-9-15(17)13-20/h4-11H,3,12-13H2,1-2H3/b19-18-. The SMILES string of the molecule is CCO/C(=N\S(C)(=O)=O)N1Cc2ccccc2-c2ccccc2C1. The lowest BCUT2D eigenvalue weighted by Crippen LogP contribution is -2.32. The van der Waals surface area contributed by atoms with E-state index in [0.717, 1.165) is 28.5 Å². The fraction of sp³-hybridized carbons (Fsp3) is 0.278. The van der Waals surface area contributed by atoms with Crippen LogP contribution in [0.15, 0.2) is 52.9 Å². The number of nitrogens with zero attached hydrogens (tertiary/aromatic N) is 2. The Balaban J connectivity index is 2.11. The first-order valence-corrected chi connectivity index (χ1v) is 9.66. The van der Waals surface area contributed by atoms with Crippen LogP contribution in [0.3, 0.4) is 0 Å². The predicted octanol–water partition coefficient (Wildman–Crippen LogP) is 3.02. The van der Waals surface area contributed by atoms with Gasteiger partial charge in [-0.2, -0.15) is 0 Å². The van der Waals surface area contributed by atoms with Crippen molar-refractivity contribution in [1.82, 2.24) is 4.90 Å². The molecule has 1 aliphatic rings. The minimum atomic E-state index is -3.54. The molecule has 0 unspecified atom stereocenters. The van der Waals surface area contributed by atoms with Gasteiger partial charge in [0, 0.05) is 13.1 Å². The molecule has 0 N–H and O–H groups in total. The highest BCUT2D eigenvalue weighted by atomic mass is 32.2. The van der Waals surface area contributed by atoms with E-state index in [4.69, 9.17) is 4.74 Å². The van der Waals surface area contributed by atoms with E-state index in [-0.39, 0.29) is 6.02 Å². The molecular weight excluding hydrogens is 324 g/mol. The van der Waals surface area contributed by atoms with E-state index in [1.165, 1.54) is 0 Å². The average Bonchev–Trinajstić information content (AvgIpc) is 2.70. The Labute approximate surface area is 142 Å². The van der Waals surface area contributed by atoms with Gasteiger partial charge in [-0.1, -0.05) is 48.5 Å². The van der Waals surface area contributed by atoms with Gasteiger partial charge in [0.2, 0.25) is 0 Å². The molecule has 3 rings (SSSR count). The van der Waals surface area contributed by atoms with Crippen molar-refractivity contribution in [3.05, 3.63) is 59.7 Å². The summed E-state index contributed by atoms with van der Waals surface area (Å²) in [6.07, 6.45) is 1.08. The fourth-order valence-electron chi connectivity index (χ4n) is 2.89. The second-order valence-electron chi connectivity index (χ2n) is 5.71. The molecule has 2 aromatic rings. The number of sulfonamides is 1. The first kappa shape index (κ1) is 16.5.